The lowest BCUT2D eigenvalue weighted by atomic mass is 9.68. The molecule has 0 spiro atoms. The second-order valence-corrected chi connectivity index (χ2v) is 12.1. The lowest BCUT2D eigenvalue weighted by Gasteiger charge is -2.41. The molecular formula is C33H36N2O3S. The van der Waals surface area contributed by atoms with Crippen LogP contribution < -0.4 is 14.8 Å². The number of nitrogens with one attached hydrogen (secondary N) is 2. The minimum Gasteiger partial charge on any atom is -0.497 e. The summed E-state index contributed by atoms with van der Waals surface area (Å²) in [6.07, 6.45) is 3.68. The third-order valence-corrected chi connectivity index (χ3v) is 9.35. The Labute approximate surface area is 232 Å². The second kappa shape index (κ2) is 12.2. The number of sulfonamides is 1. The minimum atomic E-state index is -3.60. The molecule has 4 aromatic rings. The maximum Gasteiger partial charge on any atom is 0.240 e. The van der Waals surface area contributed by atoms with E-state index in [2.05, 4.69) is 70.7 Å². The molecule has 0 heterocycles. The highest BCUT2D eigenvalue weighted by molar-refractivity contribution is 7.89. The van der Waals surface area contributed by atoms with Gasteiger partial charge in [-0.05, 0) is 72.2 Å². The van der Waals surface area contributed by atoms with Crippen LogP contribution in [0.25, 0.3) is 11.1 Å². The molecule has 5 nitrogen and oxygen atoms in total. The van der Waals surface area contributed by atoms with Crippen LogP contribution in [0.5, 0.6) is 5.75 Å². The van der Waals surface area contributed by atoms with Gasteiger partial charge in [-0.3, -0.25) is 0 Å². The maximum absolute atomic E-state index is 13.1. The van der Waals surface area contributed by atoms with Gasteiger partial charge in [-0.15, -0.1) is 0 Å². The number of rotatable bonds is 10. The molecule has 2 N–H and O–H groups in total. The fourth-order valence-electron chi connectivity index (χ4n) is 5.52. The van der Waals surface area contributed by atoms with Gasteiger partial charge in [0, 0.05) is 24.5 Å². The smallest absolute Gasteiger partial charge is 0.240 e. The van der Waals surface area contributed by atoms with Crippen LogP contribution in [-0.4, -0.2) is 28.1 Å². The maximum atomic E-state index is 13.1. The zero-order valence-corrected chi connectivity index (χ0v) is 23.2. The first-order valence-corrected chi connectivity index (χ1v) is 15.0. The Hall–Kier alpha value is -3.45. The molecule has 1 aliphatic rings. The van der Waals surface area contributed by atoms with Crippen LogP contribution in [0.15, 0.2) is 114 Å². The fourth-order valence-corrected chi connectivity index (χ4v) is 6.67. The average molecular weight is 541 g/mol. The highest BCUT2D eigenvalue weighted by atomic mass is 32.2. The SMILES string of the molecule is COc1cccc(C2(CNS(=O)(=O)c3ccccc3)CCC(NCc3ccc(-c4ccccc4)cc3)CC2)c1. The standard InChI is InChI=1S/C33H36N2O3S/c1-38-31-12-8-11-29(23-31)33(25-35-39(36,37)32-13-6-3-7-14-32)21-19-30(20-22-33)34-24-26-15-17-28(18-16-26)27-9-4-2-5-10-27/h2-18,23,30,34-35H,19-22,24-25H2,1H3. The third kappa shape index (κ3) is 6.59. The molecule has 0 amide bonds. The Morgan fingerprint density at radius 1 is 0.795 bits per heavy atom. The first kappa shape index (κ1) is 27.1. The molecule has 6 heteroatoms. The molecule has 39 heavy (non-hydrogen) atoms. The summed E-state index contributed by atoms with van der Waals surface area (Å²) in [7, 11) is -1.94. The van der Waals surface area contributed by atoms with Gasteiger partial charge in [-0.1, -0.05) is 84.9 Å². The highest BCUT2D eigenvalue weighted by Crippen LogP contribution is 2.40. The molecule has 4 aromatic carbocycles. The van der Waals surface area contributed by atoms with Crippen LogP contribution in [0, 0.1) is 0 Å². The molecule has 1 saturated carbocycles. The molecule has 202 valence electrons. The van der Waals surface area contributed by atoms with Crippen molar-refractivity contribution in [3.63, 3.8) is 0 Å². The van der Waals surface area contributed by atoms with Crippen molar-refractivity contribution >= 4 is 10.0 Å². The summed E-state index contributed by atoms with van der Waals surface area (Å²) in [5.74, 6) is 0.789. The van der Waals surface area contributed by atoms with E-state index in [1.54, 1.807) is 31.4 Å². The number of ether oxygens (including phenoxy) is 1. The normalized spacial score (nSPS) is 19.5. The molecule has 0 bridgehead atoms. The van der Waals surface area contributed by atoms with Crippen LogP contribution >= 0.6 is 0 Å². The summed E-state index contributed by atoms with van der Waals surface area (Å²) in [6, 6.07) is 36.2. The van der Waals surface area contributed by atoms with Gasteiger partial charge >= 0.3 is 0 Å². The zero-order chi connectivity index (χ0) is 27.1. The van der Waals surface area contributed by atoms with E-state index in [9.17, 15) is 8.42 Å². The van der Waals surface area contributed by atoms with Gasteiger partial charge in [0.15, 0.2) is 0 Å². The van der Waals surface area contributed by atoms with Gasteiger partial charge < -0.3 is 10.1 Å². The summed E-state index contributed by atoms with van der Waals surface area (Å²) in [5, 5.41) is 3.74. The molecule has 1 fully saturated rings. The average Bonchev–Trinajstić information content (AvgIpc) is 3.01. The summed E-state index contributed by atoms with van der Waals surface area (Å²) >= 11 is 0. The van der Waals surface area contributed by atoms with Gasteiger partial charge in [0.2, 0.25) is 10.0 Å². The first-order chi connectivity index (χ1) is 19.0. The van der Waals surface area contributed by atoms with Crippen molar-refractivity contribution in [1.29, 1.82) is 0 Å². The predicted molar refractivity (Wildman–Crippen MR) is 157 cm³/mol. The molecule has 5 rings (SSSR count). The lowest BCUT2D eigenvalue weighted by Crippen LogP contribution is -2.46. The van der Waals surface area contributed by atoms with Gasteiger partial charge in [-0.25, -0.2) is 13.1 Å². The van der Waals surface area contributed by atoms with E-state index in [1.807, 2.05) is 24.3 Å². The van der Waals surface area contributed by atoms with Crippen molar-refractivity contribution in [2.75, 3.05) is 13.7 Å². The Morgan fingerprint density at radius 2 is 1.44 bits per heavy atom. The topological polar surface area (TPSA) is 67.4 Å². The summed E-state index contributed by atoms with van der Waals surface area (Å²) in [4.78, 5) is 0.291. The summed E-state index contributed by atoms with van der Waals surface area (Å²) < 4.78 is 34.5. The molecular weight excluding hydrogens is 504 g/mol. The molecule has 1 aliphatic carbocycles. The summed E-state index contributed by atoms with van der Waals surface area (Å²) in [5.41, 5.74) is 4.52. The first-order valence-electron chi connectivity index (χ1n) is 13.5. The van der Waals surface area contributed by atoms with Gasteiger partial charge in [0.1, 0.15) is 5.75 Å². The molecule has 0 aromatic heterocycles. The monoisotopic (exact) mass is 540 g/mol. The van der Waals surface area contributed by atoms with E-state index >= 15 is 0 Å². The predicted octanol–water partition coefficient (Wildman–Crippen LogP) is 6.31. The van der Waals surface area contributed by atoms with Crippen LogP contribution in [0.1, 0.15) is 36.8 Å². The second-order valence-electron chi connectivity index (χ2n) is 10.4. The van der Waals surface area contributed by atoms with E-state index in [0.29, 0.717) is 17.5 Å². The van der Waals surface area contributed by atoms with Crippen molar-refractivity contribution in [3.8, 4) is 16.9 Å². The van der Waals surface area contributed by atoms with Crippen molar-refractivity contribution in [2.45, 2.75) is 48.6 Å². The van der Waals surface area contributed by atoms with Crippen LogP contribution in [-0.2, 0) is 22.0 Å². The number of hydrogen-bond acceptors (Lipinski definition) is 4. The van der Waals surface area contributed by atoms with E-state index in [-0.39, 0.29) is 5.41 Å². The van der Waals surface area contributed by atoms with Crippen molar-refractivity contribution in [3.05, 3.63) is 120 Å². The van der Waals surface area contributed by atoms with Crippen LogP contribution in [0.3, 0.4) is 0 Å². The van der Waals surface area contributed by atoms with Crippen molar-refractivity contribution < 1.29 is 13.2 Å². The summed E-state index contributed by atoms with van der Waals surface area (Å²) in [6.45, 7) is 1.16. The van der Waals surface area contributed by atoms with Gasteiger partial charge in [0.05, 0.1) is 12.0 Å². The van der Waals surface area contributed by atoms with Gasteiger partial charge in [0.25, 0.3) is 0 Å². The number of methoxy groups -OCH3 is 1. The van der Waals surface area contributed by atoms with E-state index < -0.39 is 10.0 Å². The largest absolute Gasteiger partial charge is 0.497 e. The molecule has 0 radical (unpaired) electrons. The number of hydrogen-bond donors (Lipinski definition) is 2. The van der Waals surface area contributed by atoms with Gasteiger partial charge in [-0.2, -0.15) is 0 Å². The fraction of sp³-hybridized carbons (Fsp3) is 0.273. The lowest BCUT2D eigenvalue weighted by molar-refractivity contribution is 0.245. The van der Waals surface area contributed by atoms with E-state index in [0.717, 1.165) is 43.5 Å². The van der Waals surface area contributed by atoms with Crippen molar-refractivity contribution in [2.24, 2.45) is 0 Å². The Kier molecular flexibility index (Phi) is 8.46. The quantitative estimate of drug-likeness (QED) is 0.247. The third-order valence-electron chi connectivity index (χ3n) is 7.93. The van der Waals surface area contributed by atoms with E-state index in [4.69, 9.17) is 4.74 Å². The molecule has 0 saturated heterocycles. The van der Waals surface area contributed by atoms with Crippen molar-refractivity contribution in [1.82, 2.24) is 10.0 Å². The Bertz CT molecular complexity index is 1450. The molecule has 0 unspecified atom stereocenters. The highest BCUT2D eigenvalue weighted by Gasteiger charge is 2.38. The molecule has 0 atom stereocenters. The zero-order valence-electron chi connectivity index (χ0n) is 22.3. The molecule has 0 aliphatic heterocycles. The van der Waals surface area contributed by atoms with Crippen LogP contribution in [0.4, 0.5) is 0 Å². The minimum absolute atomic E-state index is 0.291. The Morgan fingerprint density at radius 3 is 2.10 bits per heavy atom. The van der Waals surface area contributed by atoms with Crippen LogP contribution in [0.2, 0.25) is 0 Å². The van der Waals surface area contributed by atoms with E-state index in [1.165, 1.54) is 16.7 Å². The number of benzene rings is 4. The Balaban J connectivity index is 1.25.